The highest BCUT2D eigenvalue weighted by Gasteiger charge is 2.23. The van der Waals surface area contributed by atoms with Crippen LogP contribution in [0.2, 0.25) is 0 Å². The lowest BCUT2D eigenvalue weighted by atomic mass is 10.2. The maximum Gasteiger partial charge on any atom is 0.358 e. The van der Waals surface area contributed by atoms with Crippen LogP contribution in [0.15, 0.2) is 60.0 Å². The maximum atomic E-state index is 12.9. The first kappa shape index (κ1) is 21.4. The number of amides is 1. The smallest absolute Gasteiger partial charge is 0.358 e. The van der Waals surface area contributed by atoms with E-state index in [9.17, 15) is 14.0 Å². The summed E-state index contributed by atoms with van der Waals surface area (Å²) in [4.78, 5) is 30.5. The van der Waals surface area contributed by atoms with Crippen LogP contribution in [0.5, 0.6) is 5.75 Å². The molecule has 0 aliphatic carbocycles. The minimum Gasteiger partial charge on any atom is -0.486 e. The second-order valence-corrected chi connectivity index (χ2v) is 7.54. The van der Waals surface area contributed by atoms with Gasteiger partial charge in [-0.25, -0.2) is 14.2 Å². The van der Waals surface area contributed by atoms with Gasteiger partial charge < -0.3 is 14.4 Å². The van der Waals surface area contributed by atoms with Crippen LogP contribution >= 0.6 is 11.3 Å². The number of esters is 1. The minimum absolute atomic E-state index is 0.114. The topological polar surface area (TPSA) is 68.7 Å². The highest BCUT2D eigenvalue weighted by molar-refractivity contribution is 7.09. The Morgan fingerprint density at radius 3 is 2.53 bits per heavy atom. The normalized spacial score (nSPS) is 11.6. The molecule has 0 unspecified atom stereocenters. The van der Waals surface area contributed by atoms with Crippen molar-refractivity contribution in [2.45, 2.75) is 26.2 Å². The zero-order valence-corrected chi connectivity index (χ0v) is 17.4. The molecule has 8 heteroatoms. The van der Waals surface area contributed by atoms with Crippen molar-refractivity contribution >= 4 is 23.2 Å². The average molecular weight is 428 g/mol. The summed E-state index contributed by atoms with van der Waals surface area (Å²) in [7, 11) is 1.66. The van der Waals surface area contributed by atoms with Gasteiger partial charge in [-0.1, -0.05) is 30.3 Å². The van der Waals surface area contributed by atoms with Crippen molar-refractivity contribution in [2.75, 3.05) is 7.05 Å². The SMILES string of the molecule is C[C@@H](OC(=O)c1csc(COc2ccc(F)cc2)n1)C(=O)N(C)Cc1ccccc1. The van der Waals surface area contributed by atoms with Gasteiger partial charge in [0.1, 0.15) is 23.2 Å². The molecule has 1 amide bonds. The van der Waals surface area contributed by atoms with E-state index in [1.165, 1.54) is 47.4 Å². The first-order valence-electron chi connectivity index (χ1n) is 9.25. The monoisotopic (exact) mass is 428 g/mol. The molecule has 3 aromatic rings. The number of rotatable bonds is 8. The third kappa shape index (κ3) is 5.87. The van der Waals surface area contributed by atoms with Gasteiger partial charge in [0.15, 0.2) is 11.8 Å². The lowest BCUT2D eigenvalue weighted by molar-refractivity contribution is -0.139. The molecule has 0 saturated carbocycles. The Balaban J connectivity index is 1.51. The quantitative estimate of drug-likeness (QED) is 0.506. The lowest BCUT2D eigenvalue weighted by Crippen LogP contribution is -2.37. The molecule has 0 radical (unpaired) electrons. The van der Waals surface area contributed by atoms with E-state index in [4.69, 9.17) is 9.47 Å². The van der Waals surface area contributed by atoms with Crippen molar-refractivity contribution < 1.29 is 23.5 Å². The predicted octanol–water partition coefficient (Wildman–Crippen LogP) is 4.07. The second-order valence-electron chi connectivity index (χ2n) is 6.60. The van der Waals surface area contributed by atoms with E-state index in [2.05, 4.69) is 4.98 Å². The Kier molecular flexibility index (Phi) is 7.13. The van der Waals surface area contributed by atoms with Crippen molar-refractivity contribution in [3.63, 3.8) is 0 Å². The van der Waals surface area contributed by atoms with Gasteiger partial charge >= 0.3 is 5.97 Å². The number of carbonyl (C=O) groups excluding carboxylic acids is 2. The molecule has 0 spiro atoms. The van der Waals surface area contributed by atoms with Crippen molar-refractivity contribution in [3.05, 3.63) is 82.1 Å². The highest BCUT2D eigenvalue weighted by atomic mass is 32.1. The van der Waals surface area contributed by atoms with Crippen molar-refractivity contribution in [2.24, 2.45) is 0 Å². The molecular weight excluding hydrogens is 407 g/mol. The zero-order chi connectivity index (χ0) is 21.5. The lowest BCUT2D eigenvalue weighted by Gasteiger charge is -2.21. The number of likely N-dealkylation sites (N-methyl/N-ethyl adjacent to an activating group) is 1. The van der Waals surface area contributed by atoms with Gasteiger partial charge in [-0.15, -0.1) is 11.3 Å². The van der Waals surface area contributed by atoms with Crippen LogP contribution in [0.4, 0.5) is 4.39 Å². The van der Waals surface area contributed by atoms with Crippen LogP contribution in [-0.2, 0) is 22.7 Å². The zero-order valence-electron chi connectivity index (χ0n) is 16.6. The van der Waals surface area contributed by atoms with Crippen LogP contribution in [0.25, 0.3) is 0 Å². The van der Waals surface area contributed by atoms with E-state index in [1.807, 2.05) is 30.3 Å². The highest BCUT2D eigenvalue weighted by Crippen LogP contribution is 2.17. The van der Waals surface area contributed by atoms with E-state index < -0.39 is 12.1 Å². The number of carbonyl (C=O) groups is 2. The second kappa shape index (κ2) is 9.98. The van der Waals surface area contributed by atoms with Crippen LogP contribution in [-0.4, -0.2) is 34.9 Å². The van der Waals surface area contributed by atoms with E-state index in [-0.39, 0.29) is 24.0 Å². The fourth-order valence-corrected chi connectivity index (χ4v) is 3.34. The molecule has 30 heavy (non-hydrogen) atoms. The summed E-state index contributed by atoms with van der Waals surface area (Å²) in [6, 6.07) is 15.2. The Morgan fingerprint density at radius 2 is 1.83 bits per heavy atom. The fourth-order valence-electron chi connectivity index (χ4n) is 2.66. The number of ether oxygens (including phenoxy) is 2. The Labute approximate surface area is 177 Å². The maximum absolute atomic E-state index is 12.9. The summed E-state index contributed by atoms with van der Waals surface area (Å²) in [5, 5.41) is 2.11. The third-order valence-corrected chi connectivity index (χ3v) is 5.03. The van der Waals surface area contributed by atoms with Gasteiger partial charge in [0.05, 0.1) is 0 Å². The standard InChI is InChI=1S/C22H21FN2O4S/c1-15(21(26)25(2)12-16-6-4-3-5-7-16)29-22(27)19-14-30-20(24-19)13-28-18-10-8-17(23)9-11-18/h3-11,14-15H,12-13H2,1-2H3/t15-/m1/s1. The van der Waals surface area contributed by atoms with Gasteiger partial charge in [0.25, 0.3) is 5.91 Å². The molecule has 0 aliphatic heterocycles. The predicted molar refractivity (Wildman–Crippen MR) is 111 cm³/mol. The number of hydrogen-bond acceptors (Lipinski definition) is 6. The molecule has 3 rings (SSSR count). The Bertz CT molecular complexity index is 992. The fraction of sp³-hybridized carbons (Fsp3) is 0.227. The van der Waals surface area contributed by atoms with Crippen LogP contribution in [0.3, 0.4) is 0 Å². The summed E-state index contributed by atoms with van der Waals surface area (Å²) in [6.45, 7) is 2.09. The molecule has 1 aromatic heterocycles. The van der Waals surface area contributed by atoms with Crippen molar-refractivity contribution in [1.29, 1.82) is 0 Å². The van der Waals surface area contributed by atoms with Crippen LogP contribution < -0.4 is 4.74 Å². The summed E-state index contributed by atoms with van der Waals surface area (Å²) in [5.41, 5.74) is 1.10. The van der Waals surface area contributed by atoms with Crippen LogP contribution in [0, 0.1) is 5.82 Å². The van der Waals surface area contributed by atoms with E-state index >= 15 is 0 Å². The molecule has 0 bridgehead atoms. The summed E-state index contributed by atoms with van der Waals surface area (Å²) >= 11 is 1.24. The van der Waals surface area contributed by atoms with E-state index in [0.29, 0.717) is 17.3 Å². The Morgan fingerprint density at radius 1 is 1.13 bits per heavy atom. The number of thiazole rings is 1. The number of halogens is 1. The van der Waals surface area contributed by atoms with E-state index in [0.717, 1.165) is 5.56 Å². The summed E-state index contributed by atoms with van der Waals surface area (Å²) in [6.07, 6.45) is -0.938. The molecular formula is C22H21FN2O4S. The molecule has 0 saturated heterocycles. The molecule has 156 valence electrons. The van der Waals surface area contributed by atoms with Crippen molar-refractivity contribution in [3.8, 4) is 5.75 Å². The molecule has 6 nitrogen and oxygen atoms in total. The number of nitrogens with zero attached hydrogens (tertiary/aromatic N) is 2. The number of aromatic nitrogens is 1. The largest absolute Gasteiger partial charge is 0.486 e. The van der Waals surface area contributed by atoms with Gasteiger partial charge in [-0.3, -0.25) is 4.79 Å². The van der Waals surface area contributed by atoms with Crippen LogP contribution in [0.1, 0.15) is 28.0 Å². The van der Waals surface area contributed by atoms with E-state index in [1.54, 1.807) is 12.4 Å². The minimum atomic E-state index is -0.938. The molecule has 1 atom stereocenters. The van der Waals surface area contributed by atoms with Gasteiger partial charge in [0.2, 0.25) is 0 Å². The molecule has 0 aliphatic rings. The molecule has 1 heterocycles. The van der Waals surface area contributed by atoms with Gasteiger partial charge in [-0.05, 0) is 36.8 Å². The first-order valence-corrected chi connectivity index (χ1v) is 10.1. The molecule has 0 N–H and O–H groups in total. The summed E-state index contributed by atoms with van der Waals surface area (Å²) < 4.78 is 23.7. The van der Waals surface area contributed by atoms with Gasteiger partial charge in [0, 0.05) is 19.0 Å². The molecule has 0 fully saturated rings. The average Bonchev–Trinajstić information content (AvgIpc) is 3.22. The number of hydrogen-bond donors (Lipinski definition) is 0. The molecule has 2 aromatic carbocycles. The Hall–Kier alpha value is -3.26. The van der Waals surface area contributed by atoms with Crippen molar-refractivity contribution in [1.82, 2.24) is 9.88 Å². The number of benzene rings is 2. The van der Waals surface area contributed by atoms with Gasteiger partial charge in [-0.2, -0.15) is 0 Å². The first-order chi connectivity index (χ1) is 14.4. The third-order valence-electron chi connectivity index (χ3n) is 4.21. The summed E-state index contributed by atoms with van der Waals surface area (Å²) in [5.74, 6) is -0.827.